The van der Waals surface area contributed by atoms with Gasteiger partial charge in [0.1, 0.15) is 5.69 Å². The SMILES string of the molecule is Cc1ncc2c(c1CNC(=O)c1cncn1C)CCNC2. The zero-order valence-corrected chi connectivity index (χ0v) is 12.3. The van der Waals surface area contributed by atoms with E-state index in [2.05, 4.69) is 20.6 Å². The Morgan fingerprint density at radius 1 is 1.48 bits per heavy atom. The molecule has 1 amide bonds. The smallest absolute Gasteiger partial charge is 0.269 e. The van der Waals surface area contributed by atoms with Gasteiger partial charge in [0.05, 0.1) is 12.5 Å². The Balaban J connectivity index is 1.79. The van der Waals surface area contributed by atoms with E-state index >= 15 is 0 Å². The fraction of sp³-hybridized carbons (Fsp3) is 0.400. The molecule has 0 unspecified atom stereocenters. The van der Waals surface area contributed by atoms with Gasteiger partial charge >= 0.3 is 0 Å². The van der Waals surface area contributed by atoms with E-state index < -0.39 is 0 Å². The number of nitrogens with zero attached hydrogens (tertiary/aromatic N) is 3. The van der Waals surface area contributed by atoms with Gasteiger partial charge in [0, 0.05) is 32.0 Å². The lowest BCUT2D eigenvalue weighted by molar-refractivity contribution is 0.0942. The number of aromatic nitrogens is 3. The highest BCUT2D eigenvalue weighted by Crippen LogP contribution is 2.20. The molecule has 21 heavy (non-hydrogen) atoms. The fourth-order valence-electron chi connectivity index (χ4n) is 2.71. The topological polar surface area (TPSA) is 71.8 Å². The summed E-state index contributed by atoms with van der Waals surface area (Å²) in [5.74, 6) is -0.110. The number of carbonyl (C=O) groups excluding carboxylic acids is 1. The standard InChI is InChI=1S/C15H19N5O/c1-10-13(12-3-4-16-5-11(12)6-18-10)7-19-15(21)14-8-17-9-20(14)2/h6,8-9,16H,3-5,7H2,1-2H3,(H,19,21). The number of imidazole rings is 1. The Morgan fingerprint density at radius 3 is 3.10 bits per heavy atom. The van der Waals surface area contributed by atoms with Gasteiger partial charge in [-0.25, -0.2) is 4.98 Å². The molecular formula is C15H19N5O. The van der Waals surface area contributed by atoms with Crippen molar-refractivity contribution < 1.29 is 4.79 Å². The molecule has 3 heterocycles. The molecule has 0 aliphatic carbocycles. The van der Waals surface area contributed by atoms with Gasteiger partial charge < -0.3 is 15.2 Å². The third kappa shape index (κ3) is 2.67. The van der Waals surface area contributed by atoms with Gasteiger partial charge in [-0.15, -0.1) is 0 Å². The van der Waals surface area contributed by atoms with Gasteiger partial charge in [-0.3, -0.25) is 9.78 Å². The van der Waals surface area contributed by atoms with Crippen molar-refractivity contribution in [3.63, 3.8) is 0 Å². The van der Waals surface area contributed by atoms with Crippen LogP contribution >= 0.6 is 0 Å². The average Bonchev–Trinajstić information content (AvgIpc) is 2.92. The molecular weight excluding hydrogens is 266 g/mol. The quantitative estimate of drug-likeness (QED) is 0.871. The summed E-state index contributed by atoms with van der Waals surface area (Å²) < 4.78 is 1.71. The molecule has 0 aromatic carbocycles. The van der Waals surface area contributed by atoms with Gasteiger partial charge in [-0.1, -0.05) is 0 Å². The van der Waals surface area contributed by atoms with Gasteiger partial charge in [-0.2, -0.15) is 0 Å². The summed E-state index contributed by atoms with van der Waals surface area (Å²) in [6.45, 7) is 4.32. The monoisotopic (exact) mass is 285 g/mol. The largest absolute Gasteiger partial charge is 0.347 e. The molecule has 0 atom stereocenters. The van der Waals surface area contributed by atoms with Crippen LogP contribution in [0, 0.1) is 6.92 Å². The number of amides is 1. The maximum atomic E-state index is 12.2. The number of carbonyl (C=O) groups is 1. The van der Waals surface area contributed by atoms with E-state index in [1.54, 1.807) is 17.1 Å². The number of nitrogens with one attached hydrogen (secondary N) is 2. The second-order valence-corrected chi connectivity index (χ2v) is 5.33. The minimum atomic E-state index is -0.110. The van der Waals surface area contributed by atoms with E-state index in [0.29, 0.717) is 12.2 Å². The number of hydrogen-bond acceptors (Lipinski definition) is 4. The summed E-state index contributed by atoms with van der Waals surface area (Å²) >= 11 is 0. The highest BCUT2D eigenvalue weighted by molar-refractivity contribution is 5.92. The number of fused-ring (bicyclic) bond motifs is 1. The third-order valence-corrected chi connectivity index (χ3v) is 3.94. The Bertz CT molecular complexity index is 677. The van der Waals surface area contributed by atoms with Crippen LogP contribution in [-0.4, -0.2) is 27.0 Å². The predicted molar refractivity (Wildman–Crippen MR) is 78.8 cm³/mol. The Kier molecular flexibility index (Phi) is 3.70. The van der Waals surface area contributed by atoms with Crippen molar-refractivity contribution in [3.8, 4) is 0 Å². The molecule has 2 N–H and O–H groups in total. The van der Waals surface area contributed by atoms with Crippen LogP contribution in [0.25, 0.3) is 0 Å². The van der Waals surface area contributed by atoms with Crippen molar-refractivity contribution in [1.82, 2.24) is 25.2 Å². The first-order valence-electron chi connectivity index (χ1n) is 7.08. The highest BCUT2D eigenvalue weighted by Gasteiger charge is 2.17. The van der Waals surface area contributed by atoms with E-state index in [-0.39, 0.29) is 5.91 Å². The number of hydrogen-bond donors (Lipinski definition) is 2. The van der Waals surface area contributed by atoms with Crippen LogP contribution in [0.5, 0.6) is 0 Å². The molecule has 0 bridgehead atoms. The summed E-state index contributed by atoms with van der Waals surface area (Å²) in [5, 5.41) is 6.32. The zero-order valence-electron chi connectivity index (χ0n) is 12.3. The highest BCUT2D eigenvalue weighted by atomic mass is 16.1. The maximum Gasteiger partial charge on any atom is 0.269 e. The first-order valence-corrected chi connectivity index (χ1v) is 7.08. The first-order chi connectivity index (χ1) is 10.2. The minimum absolute atomic E-state index is 0.110. The van der Waals surface area contributed by atoms with Crippen LogP contribution in [0.2, 0.25) is 0 Å². The lowest BCUT2D eigenvalue weighted by Gasteiger charge is -2.21. The zero-order chi connectivity index (χ0) is 14.8. The molecule has 2 aromatic heterocycles. The van der Waals surface area contributed by atoms with E-state index in [1.165, 1.54) is 11.1 Å². The van der Waals surface area contributed by atoms with Crippen molar-refractivity contribution in [2.75, 3.05) is 6.54 Å². The van der Waals surface area contributed by atoms with Gasteiger partial charge in [0.25, 0.3) is 5.91 Å². The van der Waals surface area contributed by atoms with Crippen molar-refractivity contribution in [2.45, 2.75) is 26.4 Å². The molecule has 1 aliphatic heterocycles. The maximum absolute atomic E-state index is 12.2. The Morgan fingerprint density at radius 2 is 2.33 bits per heavy atom. The Labute approximate surface area is 123 Å². The molecule has 110 valence electrons. The number of pyridine rings is 1. The van der Waals surface area contributed by atoms with Gasteiger partial charge in [-0.05, 0) is 36.6 Å². The summed E-state index contributed by atoms with van der Waals surface area (Å²) in [6.07, 6.45) is 6.11. The molecule has 0 spiro atoms. The number of rotatable bonds is 3. The van der Waals surface area contributed by atoms with Crippen molar-refractivity contribution in [3.05, 3.63) is 46.8 Å². The van der Waals surface area contributed by atoms with Gasteiger partial charge in [0.2, 0.25) is 0 Å². The van der Waals surface area contributed by atoms with Crippen molar-refractivity contribution in [2.24, 2.45) is 7.05 Å². The average molecular weight is 285 g/mol. The first kappa shape index (κ1) is 13.8. The van der Waals surface area contributed by atoms with Crippen LogP contribution in [0.15, 0.2) is 18.7 Å². The minimum Gasteiger partial charge on any atom is -0.347 e. The molecule has 6 nitrogen and oxygen atoms in total. The molecule has 3 rings (SSSR count). The second-order valence-electron chi connectivity index (χ2n) is 5.33. The molecule has 1 aliphatic rings. The van der Waals surface area contributed by atoms with Gasteiger partial charge in [0.15, 0.2) is 0 Å². The molecule has 0 saturated heterocycles. The fourth-order valence-corrected chi connectivity index (χ4v) is 2.71. The molecule has 2 aromatic rings. The summed E-state index contributed by atoms with van der Waals surface area (Å²) in [6, 6.07) is 0. The second kappa shape index (κ2) is 5.65. The summed E-state index contributed by atoms with van der Waals surface area (Å²) in [5.41, 5.74) is 5.25. The van der Waals surface area contributed by atoms with E-state index in [1.807, 2.05) is 20.2 Å². The normalized spacial score (nSPS) is 13.8. The third-order valence-electron chi connectivity index (χ3n) is 3.94. The van der Waals surface area contributed by atoms with Crippen LogP contribution < -0.4 is 10.6 Å². The van der Waals surface area contributed by atoms with E-state index in [9.17, 15) is 4.79 Å². The Hall–Kier alpha value is -2.21. The van der Waals surface area contributed by atoms with E-state index in [4.69, 9.17) is 0 Å². The van der Waals surface area contributed by atoms with Crippen LogP contribution in [-0.2, 0) is 26.6 Å². The molecule has 6 heteroatoms. The van der Waals surface area contributed by atoms with Crippen molar-refractivity contribution >= 4 is 5.91 Å². The number of aryl methyl sites for hydroxylation is 2. The molecule has 0 fully saturated rings. The van der Waals surface area contributed by atoms with Crippen LogP contribution in [0.4, 0.5) is 0 Å². The van der Waals surface area contributed by atoms with E-state index in [0.717, 1.165) is 30.8 Å². The predicted octanol–water partition coefficient (Wildman–Crippen LogP) is 0.699. The summed E-state index contributed by atoms with van der Waals surface area (Å²) in [4.78, 5) is 20.6. The van der Waals surface area contributed by atoms with Crippen LogP contribution in [0.1, 0.15) is 32.9 Å². The summed E-state index contributed by atoms with van der Waals surface area (Å²) in [7, 11) is 1.81. The van der Waals surface area contributed by atoms with Crippen LogP contribution in [0.3, 0.4) is 0 Å². The van der Waals surface area contributed by atoms with Crippen molar-refractivity contribution in [1.29, 1.82) is 0 Å². The lowest BCUT2D eigenvalue weighted by Crippen LogP contribution is -2.29. The lowest BCUT2D eigenvalue weighted by atomic mass is 9.96. The molecule has 0 radical (unpaired) electrons. The molecule has 0 saturated carbocycles.